The van der Waals surface area contributed by atoms with Gasteiger partial charge in [0.15, 0.2) is 0 Å². The Bertz CT molecular complexity index is 305. The van der Waals surface area contributed by atoms with E-state index >= 15 is 0 Å². The van der Waals surface area contributed by atoms with Gasteiger partial charge in [0.05, 0.1) is 0 Å². The van der Waals surface area contributed by atoms with Crippen LogP contribution >= 0.6 is 0 Å². The minimum Gasteiger partial charge on any atom is -0.406 e. The molecule has 0 radical (unpaired) electrons. The highest BCUT2D eigenvalue weighted by Gasteiger charge is 2.30. The van der Waals surface area contributed by atoms with E-state index < -0.39 is 6.36 Å². The van der Waals surface area contributed by atoms with E-state index in [1.807, 2.05) is 0 Å². The number of hydrogen-bond donors (Lipinski definition) is 1. The molecule has 0 amide bonds. The maximum atomic E-state index is 11.8. The first kappa shape index (κ1) is 11.8. The topological polar surface area (TPSA) is 29.5 Å². The maximum absolute atomic E-state index is 11.8. The molecule has 1 aromatic carbocycles. The summed E-state index contributed by atoms with van der Waals surface area (Å²) >= 11 is 0. The third kappa shape index (κ3) is 3.79. The molecule has 0 saturated carbocycles. The standard InChI is InChI=1S/C10H11F3O2/c1-7(6-14)8-2-4-9(5-3-8)15-10(11,12)13/h2-5,7,14H,6H2,1H3. The van der Waals surface area contributed by atoms with Gasteiger partial charge in [-0.1, -0.05) is 19.1 Å². The van der Waals surface area contributed by atoms with Gasteiger partial charge in [-0.2, -0.15) is 0 Å². The van der Waals surface area contributed by atoms with E-state index in [2.05, 4.69) is 4.74 Å². The van der Waals surface area contributed by atoms with Crippen molar-refractivity contribution >= 4 is 0 Å². The molecule has 84 valence electrons. The number of ether oxygens (including phenoxy) is 1. The molecule has 0 saturated heterocycles. The highest BCUT2D eigenvalue weighted by molar-refractivity contribution is 5.29. The molecule has 5 heteroatoms. The van der Waals surface area contributed by atoms with E-state index in [1.54, 1.807) is 6.92 Å². The Morgan fingerprint density at radius 3 is 2.20 bits per heavy atom. The van der Waals surface area contributed by atoms with Gasteiger partial charge < -0.3 is 9.84 Å². The van der Waals surface area contributed by atoms with E-state index in [9.17, 15) is 13.2 Å². The summed E-state index contributed by atoms with van der Waals surface area (Å²) in [5, 5.41) is 8.83. The van der Waals surface area contributed by atoms with Crippen LogP contribution in [0.2, 0.25) is 0 Å². The average molecular weight is 220 g/mol. The van der Waals surface area contributed by atoms with Gasteiger partial charge in [-0.15, -0.1) is 13.2 Å². The SMILES string of the molecule is CC(CO)c1ccc(OC(F)(F)F)cc1. The first-order valence-corrected chi connectivity index (χ1v) is 4.39. The van der Waals surface area contributed by atoms with Crippen molar-refractivity contribution in [2.24, 2.45) is 0 Å². The Balaban J connectivity index is 2.72. The molecule has 1 atom stereocenters. The Hall–Kier alpha value is -1.23. The summed E-state index contributed by atoms with van der Waals surface area (Å²) in [6, 6.07) is 5.47. The van der Waals surface area contributed by atoms with Crippen LogP contribution in [-0.4, -0.2) is 18.1 Å². The lowest BCUT2D eigenvalue weighted by molar-refractivity contribution is -0.274. The molecule has 1 rings (SSSR count). The second kappa shape index (κ2) is 4.53. The van der Waals surface area contributed by atoms with Crippen LogP contribution < -0.4 is 4.74 Å². The van der Waals surface area contributed by atoms with Gasteiger partial charge in [0, 0.05) is 12.5 Å². The van der Waals surface area contributed by atoms with Gasteiger partial charge >= 0.3 is 6.36 Å². The van der Waals surface area contributed by atoms with Crippen molar-refractivity contribution in [3.05, 3.63) is 29.8 Å². The first-order valence-electron chi connectivity index (χ1n) is 4.39. The molecule has 1 unspecified atom stereocenters. The fourth-order valence-electron chi connectivity index (χ4n) is 1.10. The van der Waals surface area contributed by atoms with Crippen LogP contribution in [0.1, 0.15) is 18.4 Å². The second-order valence-electron chi connectivity index (χ2n) is 3.20. The van der Waals surface area contributed by atoms with E-state index in [0.29, 0.717) is 0 Å². The van der Waals surface area contributed by atoms with Gasteiger partial charge in [0.25, 0.3) is 0 Å². The van der Waals surface area contributed by atoms with Crippen molar-refractivity contribution in [2.75, 3.05) is 6.61 Å². The molecule has 1 aromatic rings. The number of hydrogen-bond acceptors (Lipinski definition) is 2. The first-order chi connectivity index (χ1) is 6.92. The van der Waals surface area contributed by atoms with Gasteiger partial charge in [-0.3, -0.25) is 0 Å². The number of benzene rings is 1. The van der Waals surface area contributed by atoms with Crippen LogP contribution in [0, 0.1) is 0 Å². The van der Waals surface area contributed by atoms with Gasteiger partial charge in [0.1, 0.15) is 5.75 Å². The Kier molecular flexibility index (Phi) is 3.57. The zero-order valence-electron chi connectivity index (χ0n) is 8.08. The fraction of sp³-hybridized carbons (Fsp3) is 0.400. The normalized spacial score (nSPS) is 13.7. The van der Waals surface area contributed by atoms with Gasteiger partial charge in [0.2, 0.25) is 0 Å². The number of halogens is 3. The van der Waals surface area contributed by atoms with E-state index in [4.69, 9.17) is 5.11 Å². The number of aliphatic hydroxyl groups is 1. The number of alkyl halides is 3. The second-order valence-corrected chi connectivity index (χ2v) is 3.20. The summed E-state index contributed by atoms with van der Waals surface area (Å²) in [5.41, 5.74) is 0.770. The fourth-order valence-corrected chi connectivity index (χ4v) is 1.10. The summed E-state index contributed by atoms with van der Waals surface area (Å²) in [4.78, 5) is 0. The van der Waals surface area contributed by atoms with Crippen molar-refractivity contribution < 1.29 is 23.0 Å². The van der Waals surface area contributed by atoms with Crippen LogP contribution in [0.25, 0.3) is 0 Å². The van der Waals surface area contributed by atoms with Crippen LogP contribution in [0.5, 0.6) is 5.75 Å². The molecule has 0 spiro atoms. The van der Waals surface area contributed by atoms with E-state index in [-0.39, 0.29) is 18.3 Å². The molecule has 0 aliphatic heterocycles. The monoisotopic (exact) mass is 220 g/mol. The summed E-state index contributed by atoms with van der Waals surface area (Å²) in [5.74, 6) is -0.346. The third-order valence-electron chi connectivity index (χ3n) is 1.96. The number of aliphatic hydroxyl groups excluding tert-OH is 1. The minimum absolute atomic E-state index is 0.0422. The van der Waals surface area contributed by atoms with Crippen molar-refractivity contribution in [1.29, 1.82) is 0 Å². The van der Waals surface area contributed by atoms with Crippen LogP contribution in [0.15, 0.2) is 24.3 Å². The van der Waals surface area contributed by atoms with E-state index in [0.717, 1.165) is 5.56 Å². The Labute approximate surface area is 85.3 Å². The summed E-state index contributed by atoms with van der Waals surface area (Å²) < 4.78 is 39.1. The lowest BCUT2D eigenvalue weighted by Gasteiger charge is -2.11. The molecule has 1 N–H and O–H groups in total. The summed E-state index contributed by atoms with van der Waals surface area (Å²) in [7, 11) is 0. The van der Waals surface area contributed by atoms with Gasteiger partial charge in [-0.25, -0.2) is 0 Å². The molecule has 2 nitrogen and oxygen atoms in total. The van der Waals surface area contributed by atoms with Crippen molar-refractivity contribution in [3.63, 3.8) is 0 Å². The molecule has 15 heavy (non-hydrogen) atoms. The van der Waals surface area contributed by atoms with Crippen molar-refractivity contribution in [2.45, 2.75) is 19.2 Å². The molecule has 0 bridgehead atoms. The molecule has 0 heterocycles. The quantitative estimate of drug-likeness (QED) is 0.848. The third-order valence-corrected chi connectivity index (χ3v) is 1.96. The minimum atomic E-state index is -4.66. The molecule has 0 fully saturated rings. The smallest absolute Gasteiger partial charge is 0.406 e. The number of rotatable bonds is 3. The molecule has 0 aromatic heterocycles. The Morgan fingerprint density at radius 1 is 1.27 bits per heavy atom. The lowest BCUT2D eigenvalue weighted by Crippen LogP contribution is -2.17. The van der Waals surface area contributed by atoms with Crippen LogP contribution in [0.3, 0.4) is 0 Å². The highest BCUT2D eigenvalue weighted by Crippen LogP contribution is 2.24. The lowest BCUT2D eigenvalue weighted by atomic mass is 10.0. The largest absolute Gasteiger partial charge is 0.573 e. The zero-order valence-corrected chi connectivity index (χ0v) is 8.08. The highest BCUT2D eigenvalue weighted by atomic mass is 19.4. The van der Waals surface area contributed by atoms with Crippen LogP contribution in [0.4, 0.5) is 13.2 Å². The van der Waals surface area contributed by atoms with Gasteiger partial charge in [-0.05, 0) is 17.7 Å². The molecule has 0 aliphatic rings. The Morgan fingerprint density at radius 2 is 1.80 bits per heavy atom. The van der Waals surface area contributed by atoms with Crippen molar-refractivity contribution in [1.82, 2.24) is 0 Å². The maximum Gasteiger partial charge on any atom is 0.573 e. The molecular formula is C10H11F3O2. The predicted molar refractivity (Wildman–Crippen MR) is 48.6 cm³/mol. The van der Waals surface area contributed by atoms with Crippen molar-refractivity contribution in [3.8, 4) is 5.75 Å². The predicted octanol–water partition coefficient (Wildman–Crippen LogP) is 2.68. The summed E-state index contributed by atoms with van der Waals surface area (Å²) in [6.45, 7) is 1.74. The van der Waals surface area contributed by atoms with Crippen LogP contribution in [-0.2, 0) is 0 Å². The van der Waals surface area contributed by atoms with E-state index in [1.165, 1.54) is 24.3 Å². The molecular weight excluding hydrogens is 209 g/mol. The molecule has 0 aliphatic carbocycles. The zero-order chi connectivity index (χ0) is 11.5. The average Bonchev–Trinajstić information content (AvgIpc) is 2.15. The summed E-state index contributed by atoms with van der Waals surface area (Å²) in [6.07, 6.45) is -4.66.